The molecule has 2 rings (SSSR count). The van der Waals surface area contributed by atoms with Gasteiger partial charge in [0.1, 0.15) is 0 Å². The highest BCUT2D eigenvalue weighted by Gasteiger charge is 2.27. The fourth-order valence-electron chi connectivity index (χ4n) is 2.81. The van der Waals surface area contributed by atoms with Crippen LogP contribution in [0.15, 0.2) is 30.3 Å². The smallest absolute Gasteiger partial charge is 0.319 e. The predicted octanol–water partition coefficient (Wildman–Crippen LogP) is 0.926. The van der Waals surface area contributed by atoms with Crippen molar-refractivity contribution in [2.45, 2.75) is 12.8 Å². The number of likely N-dealkylation sites (tertiary alicyclic amines) is 1. The molecule has 136 valence electrons. The van der Waals surface area contributed by atoms with E-state index in [0.717, 1.165) is 0 Å². The van der Waals surface area contributed by atoms with Crippen LogP contribution in [0, 0.1) is 5.92 Å². The number of benzene rings is 1. The molecule has 1 saturated heterocycles. The predicted molar refractivity (Wildman–Crippen MR) is 95.2 cm³/mol. The molecule has 2 N–H and O–H groups in total. The standard InChI is InChI=1S/C18H26N4O3/c1-21(2)18(25)22-12-8-15(9-13-22)17(24)20-11-10-19-16(23)14-6-4-3-5-7-14/h3-7,15H,8-13H2,1-2H3,(H,19,23)(H,20,24). The first-order valence-electron chi connectivity index (χ1n) is 8.56. The summed E-state index contributed by atoms with van der Waals surface area (Å²) in [5.74, 6) is -0.229. The summed E-state index contributed by atoms with van der Waals surface area (Å²) in [6, 6.07) is 8.96. The van der Waals surface area contributed by atoms with Gasteiger partial charge in [-0.1, -0.05) is 18.2 Å². The van der Waals surface area contributed by atoms with E-state index < -0.39 is 0 Å². The minimum absolute atomic E-state index is 0.00841. The maximum atomic E-state index is 12.2. The lowest BCUT2D eigenvalue weighted by Gasteiger charge is -2.33. The summed E-state index contributed by atoms with van der Waals surface area (Å²) in [5, 5.41) is 5.64. The summed E-state index contributed by atoms with van der Waals surface area (Å²) < 4.78 is 0. The molecule has 0 bridgehead atoms. The van der Waals surface area contributed by atoms with E-state index in [1.54, 1.807) is 36.0 Å². The van der Waals surface area contributed by atoms with E-state index in [1.807, 2.05) is 18.2 Å². The molecular formula is C18H26N4O3. The van der Waals surface area contributed by atoms with E-state index >= 15 is 0 Å². The molecular weight excluding hydrogens is 320 g/mol. The van der Waals surface area contributed by atoms with E-state index in [0.29, 0.717) is 44.6 Å². The van der Waals surface area contributed by atoms with Crippen LogP contribution in [0.4, 0.5) is 4.79 Å². The summed E-state index contributed by atoms with van der Waals surface area (Å²) in [4.78, 5) is 39.3. The first-order chi connectivity index (χ1) is 12.0. The Morgan fingerprint density at radius 3 is 2.24 bits per heavy atom. The largest absolute Gasteiger partial charge is 0.354 e. The van der Waals surface area contributed by atoms with Gasteiger partial charge in [0.2, 0.25) is 5.91 Å². The molecule has 0 aromatic heterocycles. The van der Waals surface area contributed by atoms with Crippen molar-refractivity contribution in [2.24, 2.45) is 5.92 Å². The number of urea groups is 1. The monoisotopic (exact) mass is 346 g/mol. The Bertz CT molecular complexity index is 596. The zero-order valence-corrected chi connectivity index (χ0v) is 14.8. The maximum absolute atomic E-state index is 12.2. The Morgan fingerprint density at radius 2 is 1.64 bits per heavy atom. The second-order valence-corrected chi connectivity index (χ2v) is 6.35. The van der Waals surface area contributed by atoms with Crippen molar-refractivity contribution >= 4 is 17.8 Å². The highest BCUT2D eigenvalue weighted by atomic mass is 16.2. The van der Waals surface area contributed by atoms with Gasteiger partial charge in [0.25, 0.3) is 5.91 Å². The first-order valence-corrected chi connectivity index (χ1v) is 8.56. The van der Waals surface area contributed by atoms with Crippen LogP contribution < -0.4 is 10.6 Å². The minimum Gasteiger partial charge on any atom is -0.354 e. The Morgan fingerprint density at radius 1 is 1.04 bits per heavy atom. The summed E-state index contributed by atoms with van der Waals surface area (Å²) in [5.41, 5.74) is 0.603. The molecule has 0 aliphatic carbocycles. The van der Waals surface area contributed by atoms with Crippen LogP contribution in [0.1, 0.15) is 23.2 Å². The third-order valence-corrected chi connectivity index (χ3v) is 4.26. The molecule has 4 amide bonds. The lowest BCUT2D eigenvalue weighted by molar-refractivity contribution is -0.126. The molecule has 0 spiro atoms. The van der Waals surface area contributed by atoms with Gasteiger partial charge < -0.3 is 20.4 Å². The van der Waals surface area contributed by atoms with Gasteiger partial charge in [0, 0.05) is 51.8 Å². The van der Waals surface area contributed by atoms with E-state index in [4.69, 9.17) is 0 Å². The van der Waals surface area contributed by atoms with Gasteiger partial charge in [-0.3, -0.25) is 9.59 Å². The molecule has 1 fully saturated rings. The molecule has 0 atom stereocenters. The maximum Gasteiger partial charge on any atom is 0.319 e. The molecule has 1 heterocycles. The highest BCUT2D eigenvalue weighted by molar-refractivity contribution is 5.94. The molecule has 7 nitrogen and oxygen atoms in total. The lowest BCUT2D eigenvalue weighted by Crippen LogP contribution is -2.47. The van der Waals surface area contributed by atoms with Gasteiger partial charge in [0.05, 0.1) is 0 Å². The first kappa shape index (κ1) is 18.8. The third kappa shape index (κ3) is 5.48. The van der Waals surface area contributed by atoms with Crippen molar-refractivity contribution in [3.8, 4) is 0 Å². The van der Waals surface area contributed by atoms with Crippen LogP contribution in [0.2, 0.25) is 0 Å². The van der Waals surface area contributed by atoms with Gasteiger partial charge in [-0.2, -0.15) is 0 Å². The van der Waals surface area contributed by atoms with Crippen LogP contribution in [-0.4, -0.2) is 67.9 Å². The number of carbonyl (C=O) groups is 3. The number of nitrogens with one attached hydrogen (secondary N) is 2. The molecule has 25 heavy (non-hydrogen) atoms. The van der Waals surface area contributed by atoms with Crippen molar-refractivity contribution in [1.82, 2.24) is 20.4 Å². The van der Waals surface area contributed by atoms with E-state index in [1.165, 1.54) is 0 Å². The topological polar surface area (TPSA) is 81.8 Å². The van der Waals surface area contributed by atoms with Crippen molar-refractivity contribution in [3.05, 3.63) is 35.9 Å². The zero-order valence-electron chi connectivity index (χ0n) is 14.8. The molecule has 1 aromatic rings. The zero-order chi connectivity index (χ0) is 18.2. The number of rotatable bonds is 5. The summed E-state index contributed by atoms with van der Waals surface area (Å²) in [6.45, 7) is 1.98. The second kappa shape index (κ2) is 9.05. The Hall–Kier alpha value is -2.57. The average molecular weight is 346 g/mol. The molecule has 1 aliphatic rings. The highest BCUT2D eigenvalue weighted by Crippen LogP contribution is 2.18. The minimum atomic E-state index is -0.148. The van der Waals surface area contributed by atoms with Gasteiger partial charge >= 0.3 is 6.03 Å². The van der Waals surface area contributed by atoms with E-state index in [2.05, 4.69) is 10.6 Å². The van der Waals surface area contributed by atoms with Crippen LogP contribution in [0.3, 0.4) is 0 Å². The van der Waals surface area contributed by atoms with Crippen LogP contribution in [-0.2, 0) is 4.79 Å². The van der Waals surface area contributed by atoms with Crippen LogP contribution in [0.5, 0.6) is 0 Å². The van der Waals surface area contributed by atoms with Gasteiger partial charge in [0.15, 0.2) is 0 Å². The van der Waals surface area contributed by atoms with Crippen LogP contribution >= 0.6 is 0 Å². The summed E-state index contributed by atoms with van der Waals surface area (Å²) in [7, 11) is 3.45. The second-order valence-electron chi connectivity index (χ2n) is 6.35. The average Bonchev–Trinajstić information content (AvgIpc) is 2.65. The van der Waals surface area contributed by atoms with Crippen molar-refractivity contribution in [3.63, 3.8) is 0 Å². The molecule has 0 unspecified atom stereocenters. The Labute approximate surface area is 148 Å². The fraction of sp³-hybridized carbons (Fsp3) is 0.500. The number of nitrogens with zero attached hydrogens (tertiary/aromatic N) is 2. The molecule has 7 heteroatoms. The number of amides is 4. The SMILES string of the molecule is CN(C)C(=O)N1CCC(C(=O)NCCNC(=O)c2ccccc2)CC1. The van der Waals surface area contributed by atoms with E-state index in [9.17, 15) is 14.4 Å². The number of hydrogen-bond acceptors (Lipinski definition) is 3. The quantitative estimate of drug-likeness (QED) is 0.778. The lowest BCUT2D eigenvalue weighted by atomic mass is 9.96. The van der Waals surface area contributed by atoms with Gasteiger partial charge in [-0.15, -0.1) is 0 Å². The van der Waals surface area contributed by atoms with Crippen LogP contribution in [0.25, 0.3) is 0 Å². The number of carbonyl (C=O) groups excluding carboxylic acids is 3. The molecule has 0 saturated carbocycles. The van der Waals surface area contributed by atoms with Crippen molar-refractivity contribution < 1.29 is 14.4 Å². The van der Waals surface area contributed by atoms with Gasteiger partial charge in [-0.25, -0.2) is 4.79 Å². The normalized spacial score (nSPS) is 14.7. The molecule has 1 aliphatic heterocycles. The number of piperidine rings is 1. The molecule has 1 aromatic carbocycles. The summed E-state index contributed by atoms with van der Waals surface area (Å²) >= 11 is 0. The molecule has 0 radical (unpaired) electrons. The summed E-state index contributed by atoms with van der Waals surface area (Å²) in [6.07, 6.45) is 1.34. The van der Waals surface area contributed by atoms with E-state index in [-0.39, 0.29) is 23.8 Å². The fourth-order valence-corrected chi connectivity index (χ4v) is 2.81. The van der Waals surface area contributed by atoms with Crippen molar-refractivity contribution in [2.75, 3.05) is 40.3 Å². The van der Waals surface area contributed by atoms with Gasteiger partial charge in [-0.05, 0) is 25.0 Å². The number of hydrogen-bond donors (Lipinski definition) is 2. The van der Waals surface area contributed by atoms with Crippen molar-refractivity contribution in [1.29, 1.82) is 0 Å². The third-order valence-electron chi connectivity index (χ3n) is 4.26. The Balaban J connectivity index is 1.65. The Kier molecular flexibility index (Phi) is 6.80.